The molecule has 18 heavy (non-hydrogen) atoms. The van der Waals surface area contributed by atoms with Gasteiger partial charge in [-0.3, -0.25) is 9.59 Å². The molecule has 1 aromatic rings. The number of likely N-dealkylation sites (tertiary alicyclic amines) is 1. The van der Waals surface area contributed by atoms with Crippen LogP contribution in [0.3, 0.4) is 0 Å². The fourth-order valence-electron chi connectivity index (χ4n) is 1.94. The number of aryl methyl sites for hydroxylation is 1. The molecule has 1 amide bonds. The molecule has 1 fully saturated rings. The van der Waals surface area contributed by atoms with E-state index in [1.54, 1.807) is 19.2 Å². The lowest BCUT2D eigenvalue weighted by Gasteiger charge is -2.36. The van der Waals surface area contributed by atoms with Crippen LogP contribution in [0.15, 0.2) is 18.2 Å². The van der Waals surface area contributed by atoms with E-state index in [4.69, 9.17) is 9.84 Å². The highest BCUT2D eigenvalue weighted by molar-refractivity contribution is 5.96. The highest BCUT2D eigenvalue weighted by Crippen LogP contribution is 2.23. The van der Waals surface area contributed by atoms with Crippen LogP contribution >= 0.6 is 0 Å². The zero-order chi connectivity index (χ0) is 13.3. The van der Waals surface area contributed by atoms with Crippen molar-refractivity contribution in [1.29, 1.82) is 0 Å². The molecule has 2 rings (SSSR count). The fourth-order valence-corrected chi connectivity index (χ4v) is 1.94. The fraction of sp³-hybridized carbons (Fsp3) is 0.385. The van der Waals surface area contributed by atoms with Crippen LogP contribution in [0.2, 0.25) is 0 Å². The van der Waals surface area contributed by atoms with Gasteiger partial charge in [-0.15, -0.1) is 0 Å². The predicted molar refractivity (Wildman–Crippen MR) is 64.8 cm³/mol. The molecule has 1 aliphatic rings. The van der Waals surface area contributed by atoms with E-state index in [0.717, 1.165) is 5.56 Å². The molecule has 1 aromatic carbocycles. The Balaban J connectivity index is 2.09. The van der Waals surface area contributed by atoms with Crippen molar-refractivity contribution in [2.24, 2.45) is 5.92 Å². The summed E-state index contributed by atoms with van der Waals surface area (Å²) in [6.07, 6.45) is 0. The lowest BCUT2D eigenvalue weighted by molar-refractivity contribution is -0.146. The largest absolute Gasteiger partial charge is 0.496 e. The molecule has 1 heterocycles. The number of ether oxygens (including phenoxy) is 1. The molecule has 1 saturated heterocycles. The van der Waals surface area contributed by atoms with E-state index in [0.29, 0.717) is 11.3 Å². The van der Waals surface area contributed by atoms with Gasteiger partial charge in [0.2, 0.25) is 0 Å². The van der Waals surface area contributed by atoms with Crippen LogP contribution in [0.4, 0.5) is 0 Å². The Morgan fingerprint density at radius 2 is 2.06 bits per heavy atom. The number of carboxylic acids is 1. The molecule has 0 spiro atoms. The minimum atomic E-state index is -0.847. The number of carbonyl (C=O) groups is 2. The average molecular weight is 249 g/mol. The number of aliphatic carboxylic acids is 1. The number of rotatable bonds is 3. The summed E-state index contributed by atoms with van der Waals surface area (Å²) in [5.41, 5.74) is 1.49. The van der Waals surface area contributed by atoms with Crippen molar-refractivity contribution in [1.82, 2.24) is 4.90 Å². The van der Waals surface area contributed by atoms with Crippen LogP contribution in [-0.4, -0.2) is 42.1 Å². The molecule has 96 valence electrons. The number of hydrogen-bond donors (Lipinski definition) is 1. The van der Waals surface area contributed by atoms with Crippen molar-refractivity contribution in [2.45, 2.75) is 6.92 Å². The number of hydrogen-bond acceptors (Lipinski definition) is 3. The smallest absolute Gasteiger partial charge is 0.310 e. The summed E-state index contributed by atoms with van der Waals surface area (Å²) in [6, 6.07) is 5.24. The van der Waals surface area contributed by atoms with Crippen LogP contribution in [0.1, 0.15) is 15.9 Å². The molecule has 0 unspecified atom stereocenters. The zero-order valence-corrected chi connectivity index (χ0v) is 10.3. The van der Waals surface area contributed by atoms with Crippen molar-refractivity contribution >= 4 is 11.9 Å². The molecule has 0 aliphatic carbocycles. The van der Waals surface area contributed by atoms with Gasteiger partial charge in [0.25, 0.3) is 5.91 Å². The van der Waals surface area contributed by atoms with Crippen molar-refractivity contribution < 1.29 is 19.4 Å². The molecule has 0 radical (unpaired) electrons. The Bertz CT molecular complexity index is 492. The minimum Gasteiger partial charge on any atom is -0.496 e. The molecule has 1 aliphatic heterocycles. The van der Waals surface area contributed by atoms with Crippen molar-refractivity contribution in [3.8, 4) is 5.75 Å². The summed E-state index contributed by atoms with van der Waals surface area (Å²) >= 11 is 0. The van der Waals surface area contributed by atoms with Crippen LogP contribution in [-0.2, 0) is 4.79 Å². The van der Waals surface area contributed by atoms with E-state index in [-0.39, 0.29) is 19.0 Å². The van der Waals surface area contributed by atoms with Crippen LogP contribution < -0.4 is 4.74 Å². The monoisotopic (exact) mass is 249 g/mol. The molecule has 0 bridgehead atoms. The maximum atomic E-state index is 12.1. The van der Waals surface area contributed by atoms with Gasteiger partial charge in [0, 0.05) is 18.7 Å². The Morgan fingerprint density at radius 1 is 1.39 bits per heavy atom. The van der Waals surface area contributed by atoms with Gasteiger partial charge in [0.15, 0.2) is 0 Å². The van der Waals surface area contributed by atoms with E-state index < -0.39 is 11.9 Å². The number of carboxylic acid groups (broad SMARTS) is 1. The standard InChI is InChI=1S/C13H15NO4/c1-8-3-4-9(5-11(8)18-2)12(15)14-6-10(7-14)13(16)17/h3-5,10H,6-7H2,1-2H3,(H,16,17). The average Bonchev–Trinajstić information content (AvgIpc) is 2.26. The lowest BCUT2D eigenvalue weighted by Crippen LogP contribution is -2.53. The van der Waals surface area contributed by atoms with Crippen molar-refractivity contribution in [3.63, 3.8) is 0 Å². The second-order valence-electron chi connectivity index (χ2n) is 4.43. The van der Waals surface area contributed by atoms with E-state index in [1.165, 1.54) is 4.90 Å². The predicted octanol–water partition coefficient (Wildman–Crippen LogP) is 1.16. The molecule has 1 N–H and O–H groups in total. The van der Waals surface area contributed by atoms with Crippen LogP contribution in [0, 0.1) is 12.8 Å². The maximum absolute atomic E-state index is 12.1. The quantitative estimate of drug-likeness (QED) is 0.873. The third-order valence-corrected chi connectivity index (χ3v) is 3.17. The summed E-state index contributed by atoms with van der Waals surface area (Å²) in [7, 11) is 1.56. The van der Waals surface area contributed by atoms with Gasteiger partial charge in [0.1, 0.15) is 5.75 Å². The van der Waals surface area contributed by atoms with Gasteiger partial charge < -0.3 is 14.7 Å². The third kappa shape index (κ3) is 2.16. The zero-order valence-electron chi connectivity index (χ0n) is 10.3. The normalized spacial score (nSPS) is 15.1. The second-order valence-corrected chi connectivity index (χ2v) is 4.43. The first-order valence-corrected chi connectivity index (χ1v) is 5.69. The van der Waals surface area contributed by atoms with Crippen molar-refractivity contribution in [3.05, 3.63) is 29.3 Å². The van der Waals surface area contributed by atoms with Gasteiger partial charge in [-0.1, -0.05) is 6.07 Å². The first-order chi connectivity index (χ1) is 8.52. The molecular formula is C13H15NO4. The highest BCUT2D eigenvalue weighted by atomic mass is 16.5. The Hall–Kier alpha value is -2.04. The first kappa shape index (κ1) is 12.4. The lowest BCUT2D eigenvalue weighted by atomic mass is 9.99. The minimum absolute atomic E-state index is 0.147. The number of nitrogens with zero attached hydrogens (tertiary/aromatic N) is 1. The molecule has 0 saturated carbocycles. The van der Waals surface area contributed by atoms with Gasteiger partial charge in [-0.25, -0.2) is 0 Å². The Morgan fingerprint density at radius 3 is 2.61 bits per heavy atom. The summed E-state index contributed by atoms with van der Waals surface area (Å²) in [6.45, 7) is 2.46. The molecule has 0 aromatic heterocycles. The first-order valence-electron chi connectivity index (χ1n) is 5.69. The SMILES string of the molecule is COc1cc(C(=O)N2CC(C(=O)O)C2)ccc1C. The number of benzene rings is 1. The van der Waals surface area contributed by atoms with Crippen molar-refractivity contribution in [2.75, 3.05) is 20.2 Å². The van der Waals surface area contributed by atoms with Gasteiger partial charge in [-0.05, 0) is 24.6 Å². The summed E-state index contributed by atoms with van der Waals surface area (Å²) in [5, 5.41) is 8.76. The second kappa shape index (κ2) is 4.68. The number of carbonyl (C=O) groups excluding carboxylic acids is 1. The maximum Gasteiger partial charge on any atom is 0.310 e. The van der Waals surface area contributed by atoms with Crippen LogP contribution in [0.5, 0.6) is 5.75 Å². The van der Waals surface area contributed by atoms with Crippen LogP contribution in [0.25, 0.3) is 0 Å². The molecule has 5 nitrogen and oxygen atoms in total. The summed E-state index contributed by atoms with van der Waals surface area (Å²) in [4.78, 5) is 24.3. The highest BCUT2D eigenvalue weighted by Gasteiger charge is 2.35. The van der Waals surface area contributed by atoms with Gasteiger partial charge in [-0.2, -0.15) is 0 Å². The molecule has 0 atom stereocenters. The number of methoxy groups -OCH3 is 1. The van der Waals surface area contributed by atoms with E-state index in [9.17, 15) is 9.59 Å². The van der Waals surface area contributed by atoms with Gasteiger partial charge >= 0.3 is 5.97 Å². The molecule has 5 heteroatoms. The Labute approximate surface area is 105 Å². The van der Waals surface area contributed by atoms with Gasteiger partial charge in [0.05, 0.1) is 13.0 Å². The summed E-state index contributed by atoms with van der Waals surface area (Å²) in [5.74, 6) is -0.760. The topological polar surface area (TPSA) is 66.8 Å². The molecular weight excluding hydrogens is 234 g/mol. The van der Waals surface area contributed by atoms with E-state index >= 15 is 0 Å². The third-order valence-electron chi connectivity index (χ3n) is 3.17. The number of amides is 1. The van der Waals surface area contributed by atoms with E-state index in [1.807, 2.05) is 13.0 Å². The van der Waals surface area contributed by atoms with E-state index in [2.05, 4.69) is 0 Å². The Kier molecular flexibility index (Phi) is 3.23. The summed E-state index contributed by atoms with van der Waals surface area (Å²) < 4.78 is 5.16.